The van der Waals surface area contributed by atoms with Crippen molar-refractivity contribution in [3.05, 3.63) is 107 Å². The average molecular weight is 436 g/mol. The molecule has 0 radical (unpaired) electrons. The van der Waals surface area contributed by atoms with Gasteiger partial charge in [-0.15, -0.1) is 0 Å². The number of nitrogens with one attached hydrogen (secondary N) is 4. The summed E-state index contributed by atoms with van der Waals surface area (Å²) in [6.07, 6.45) is 3.31. The number of rotatable bonds is 6. The average Bonchev–Trinajstić information content (AvgIpc) is 3.29. The molecule has 33 heavy (non-hydrogen) atoms. The maximum Gasteiger partial charge on any atom is 0.261 e. The Morgan fingerprint density at radius 3 is 2.58 bits per heavy atom. The van der Waals surface area contributed by atoms with E-state index in [1.54, 1.807) is 36.7 Å². The quantitative estimate of drug-likeness (QED) is 0.319. The Morgan fingerprint density at radius 2 is 1.76 bits per heavy atom. The first-order chi connectivity index (χ1) is 16.2. The second-order valence-corrected chi connectivity index (χ2v) is 7.38. The molecule has 3 aromatic heterocycles. The zero-order valence-corrected chi connectivity index (χ0v) is 17.5. The summed E-state index contributed by atoms with van der Waals surface area (Å²) in [5, 5.41) is 6.18. The molecule has 0 aliphatic carbocycles. The van der Waals surface area contributed by atoms with Gasteiger partial charge in [0.1, 0.15) is 16.9 Å². The first-order valence-electron chi connectivity index (χ1n) is 10.4. The summed E-state index contributed by atoms with van der Waals surface area (Å²) in [6, 6.07) is 21.9. The number of aromatic nitrogens is 4. The molecule has 3 heterocycles. The third-order valence-electron chi connectivity index (χ3n) is 5.18. The van der Waals surface area contributed by atoms with Gasteiger partial charge >= 0.3 is 0 Å². The topological polar surface area (TPSA) is 116 Å². The molecule has 0 unspecified atom stereocenters. The van der Waals surface area contributed by atoms with E-state index in [0.717, 1.165) is 5.69 Å². The second kappa shape index (κ2) is 8.80. The molecule has 0 fully saturated rings. The summed E-state index contributed by atoms with van der Waals surface area (Å²) >= 11 is 0. The van der Waals surface area contributed by atoms with Gasteiger partial charge in [0, 0.05) is 18.0 Å². The van der Waals surface area contributed by atoms with Gasteiger partial charge in [-0.25, -0.2) is 4.98 Å². The fourth-order valence-corrected chi connectivity index (χ4v) is 3.58. The van der Waals surface area contributed by atoms with Gasteiger partial charge in [-0.1, -0.05) is 30.3 Å². The number of hydrogen-bond donors (Lipinski definition) is 4. The van der Waals surface area contributed by atoms with Crippen LogP contribution in [0.3, 0.4) is 0 Å². The van der Waals surface area contributed by atoms with E-state index in [4.69, 9.17) is 0 Å². The van der Waals surface area contributed by atoms with Gasteiger partial charge in [0.25, 0.3) is 11.5 Å². The van der Waals surface area contributed by atoms with E-state index in [1.807, 2.05) is 48.5 Å². The number of pyridine rings is 2. The number of aromatic amines is 2. The van der Waals surface area contributed by atoms with Crippen LogP contribution in [0.15, 0.2) is 90.0 Å². The van der Waals surface area contributed by atoms with Crippen LogP contribution in [-0.4, -0.2) is 25.8 Å². The highest BCUT2D eigenvalue weighted by Crippen LogP contribution is 2.28. The van der Waals surface area contributed by atoms with E-state index >= 15 is 0 Å². The summed E-state index contributed by atoms with van der Waals surface area (Å²) in [6.45, 7) is 0.454. The third kappa shape index (κ3) is 4.22. The molecule has 0 aliphatic rings. The number of hydrogen-bond acceptors (Lipinski definition) is 5. The lowest BCUT2D eigenvalue weighted by molar-refractivity contribution is 0.102. The highest BCUT2D eigenvalue weighted by Gasteiger charge is 2.17. The Kier molecular flexibility index (Phi) is 5.38. The predicted molar refractivity (Wildman–Crippen MR) is 128 cm³/mol. The van der Waals surface area contributed by atoms with Gasteiger partial charge in [0.2, 0.25) is 0 Å². The second-order valence-electron chi connectivity index (χ2n) is 7.38. The van der Waals surface area contributed by atoms with E-state index in [9.17, 15) is 9.59 Å². The molecule has 0 spiro atoms. The molecule has 0 atom stereocenters. The molecule has 8 nitrogen and oxygen atoms in total. The molecule has 0 saturated carbocycles. The van der Waals surface area contributed by atoms with Gasteiger partial charge in [0.15, 0.2) is 0 Å². The molecular weight excluding hydrogens is 416 g/mol. The Hall–Kier alpha value is -4.72. The molecular formula is C25H20N6O2. The van der Waals surface area contributed by atoms with Gasteiger partial charge in [0.05, 0.1) is 29.1 Å². The van der Waals surface area contributed by atoms with Crippen LogP contribution in [0.25, 0.3) is 22.4 Å². The van der Waals surface area contributed by atoms with Gasteiger partial charge < -0.3 is 20.6 Å². The highest BCUT2D eigenvalue weighted by atomic mass is 16.1. The lowest BCUT2D eigenvalue weighted by atomic mass is 10.2. The minimum atomic E-state index is -0.282. The van der Waals surface area contributed by atoms with Gasteiger partial charge in [-0.05, 0) is 42.5 Å². The highest BCUT2D eigenvalue weighted by molar-refractivity contribution is 6.08. The summed E-state index contributed by atoms with van der Waals surface area (Å²) in [4.78, 5) is 40.3. The van der Waals surface area contributed by atoms with E-state index in [-0.39, 0.29) is 11.5 Å². The molecule has 5 aromatic rings. The van der Waals surface area contributed by atoms with Crippen LogP contribution in [0.1, 0.15) is 16.1 Å². The third-order valence-corrected chi connectivity index (χ3v) is 5.18. The molecule has 8 heteroatoms. The zero-order valence-electron chi connectivity index (χ0n) is 17.5. The van der Waals surface area contributed by atoms with Crippen molar-refractivity contribution >= 4 is 28.3 Å². The number of H-pyrrole nitrogens is 2. The van der Waals surface area contributed by atoms with Crippen LogP contribution in [0.2, 0.25) is 0 Å². The SMILES string of the molecule is O=C(Nc1cccc2[nH]c(-c3c(NCc4ccccn4)cc[nH]c3=O)nc12)c1ccccc1. The molecule has 1 amide bonds. The summed E-state index contributed by atoms with van der Waals surface area (Å²) in [5.74, 6) is 0.166. The van der Waals surface area contributed by atoms with Crippen molar-refractivity contribution in [2.45, 2.75) is 6.54 Å². The fourth-order valence-electron chi connectivity index (χ4n) is 3.58. The minimum Gasteiger partial charge on any atom is -0.379 e. The van der Waals surface area contributed by atoms with Crippen molar-refractivity contribution in [2.24, 2.45) is 0 Å². The van der Waals surface area contributed by atoms with Crippen molar-refractivity contribution in [3.63, 3.8) is 0 Å². The maximum atomic E-state index is 12.7. The van der Waals surface area contributed by atoms with E-state index < -0.39 is 0 Å². The van der Waals surface area contributed by atoms with Crippen molar-refractivity contribution < 1.29 is 4.79 Å². The fraction of sp³-hybridized carbons (Fsp3) is 0.0400. The minimum absolute atomic E-state index is 0.233. The van der Waals surface area contributed by atoms with Crippen LogP contribution in [0, 0.1) is 0 Å². The first kappa shape index (κ1) is 20.2. The normalized spacial score (nSPS) is 10.8. The Labute approximate surface area is 188 Å². The van der Waals surface area contributed by atoms with Crippen LogP contribution in [0.4, 0.5) is 11.4 Å². The van der Waals surface area contributed by atoms with Crippen LogP contribution in [-0.2, 0) is 6.54 Å². The van der Waals surface area contributed by atoms with Gasteiger partial charge in [-0.3, -0.25) is 14.6 Å². The van der Waals surface area contributed by atoms with Crippen molar-refractivity contribution in [1.82, 2.24) is 19.9 Å². The largest absolute Gasteiger partial charge is 0.379 e. The number of benzene rings is 2. The Balaban J connectivity index is 1.49. The summed E-state index contributed by atoms with van der Waals surface area (Å²) < 4.78 is 0. The van der Waals surface area contributed by atoms with E-state index in [0.29, 0.717) is 45.9 Å². The van der Waals surface area contributed by atoms with E-state index in [1.165, 1.54) is 0 Å². The molecule has 5 rings (SSSR count). The number of anilines is 2. The number of carbonyl (C=O) groups excluding carboxylic acids is 1. The van der Waals surface area contributed by atoms with Crippen molar-refractivity contribution in [2.75, 3.05) is 10.6 Å². The van der Waals surface area contributed by atoms with Crippen molar-refractivity contribution in [3.8, 4) is 11.4 Å². The number of fused-ring (bicyclic) bond motifs is 1. The summed E-state index contributed by atoms with van der Waals surface area (Å²) in [5.41, 5.74) is 3.94. The summed E-state index contributed by atoms with van der Waals surface area (Å²) in [7, 11) is 0. The molecule has 0 aliphatic heterocycles. The predicted octanol–water partition coefficient (Wildman–Crippen LogP) is 4.18. The lowest BCUT2D eigenvalue weighted by Gasteiger charge is -2.09. The molecule has 162 valence electrons. The smallest absolute Gasteiger partial charge is 0.261 e. The number of nitrogens with zero attached hydrogens (tertiary/aromatic N) is 2. The molecule has 2 aromatic carbocycles. The van der Waals surface area contributed by atoms with Crippen LogP contribution < -0.4 is 16.2 Å². The maximum absolute atomic E-state index is 12.7. The Morgan fingerprint density at radius 1 is 0.909 bits per heavy atom. The van der Waals surface area contributed by atoms with Crippen LogP contribution in [0.5, 0.6) is 0 Å². The number of amides is 1. The lowest BCUT2D eigenvalue weighted by Crippen LogP contribution is -2.13. The number of carbonyl (C=O) groups is 1. The standard InChI is InChI=1S/C25H20N6O2/c32-24(16-7-2-1-3-8-16)30-20-11-6-10-19-22(20)31-23(29-19)21-18(12-14-27-25(21)33)28-15-17-9-4-5-13-26-17/h1-14H,15H2,(H,29,31)(H,30,32)(H2,27,28,33). The molecule has 0 saturated heterocycles. The number of para-hydroxylation sites is 1. The Bertz CT molecular complexity index is 1480. The molecule has 4 N–H and O–H groups in total. The van der Waals surface area contributed by atoms with Gasteiger partial charge in [-0.2, -0.15) is 0 Å². The monoisotopic (exact) mass is 436 g/mol. The van der Waals surface area contributed by atoms with Crippen LogP contribution >= 0.6 is 0 Å². The zero-order chi connectivity index (χ0) is 22.6. The van der Waals surface area contributed by atoms with Crippen molar-refractivity contribution in [1.29, 1.82) is 0 Å². The first-order valence-corrected chi connectivity index (χ1v) is 10.4. The van der Waals surface area contributed by atoms with E-state index in [2.05, 4.69) is 30.6 Å². The molecule has 0 bridgehead atoms. The number of imidazole rings is 1.